The van der Waals surface area contributed by atoms with Gasteiger partial charge in [-0.25, -0.2) is 9.78 Å². The van der Waals surface area contributed by atoms with Gasteiger partial charge in [0.05, 0.1) is 33.6 Å². The molecule has 1 amide bonds. The molecule has 4 aromatic rings. The molecular formula is C22H21N5O5. The molecule has 10 heteroatoms. The number of rotatable bonds is 6. The number of aromatic amines is 1. The summed E-state index contributed by atoms with van der Waals surface area (Å²) >= 11 is 0. The van der Waals surface area contributed by atoms with E-state index in [1.54, 1.807) is 0 Å². The van der Waals surface area contributed by atoms with Gasteiger partial charge in [0, 0.05) is 25.6 Å². The van der Waals surface area contributed by atoms with Crippen LogP contribution in [0.1, 0.15) is 37.5 Å². The number of benzene rings is 2. The van der Waals surface area contributed by atoms with Crippen LogP contribution in [0.5, 0.6) is 0 Å². The number of likely N-dealkylation sites (tertiary alicyclic amines) is 1. The van der Waals surface area contributed by atoms with Crippen LogP contribution in [0.15, 0.2) is 51.7 Å². The molecule has 1 aliphatic heterocycles. The van der Waals surface area contributed by atoms with Gasteiger partial charge in [-0.2, -0.15) is 0 Å². The number of nitrogens with one attached hydrogen (secondary N) is 1. The Bertz CT molecular complexity index is 1350. The summed E-state index contributed by atoms with van der Waals surface area (Å²) in [6.45, 7) is 0.970. The second kappa shape index (κ2) is 7.95. The fourth-order valence-electron chi connectivity index (χ4n) is 4.39. The summed E-state index contributed by atoms with van der Waals surface area (Å²) in [4.78, 5) is 45.4. The van der Waals surface area contributed by atoms with E-state index < -0.39 is 10.7 Å². The molecule has 32 heavy (non-hydrogen) atoms. The molecule has 3 heterocycles. The van der Waals surface area contributed by atoms with Crippen LogP contribution in [-0.2, 0) is 11.3 Å². The molecule has 2 aromatic heterocycles. The molecule has 5 rings (SSSR count). The number of amides is 1. The van der Waals surface area contributed by atoms with Crippen LogP contribution in [-0.4, -0.2) is 36.8 Å². The zero-order valence-corrected chi connectivity index (χ0v) is 17.2. The van der Waals surface area contributed by atoms with Crippen molar-refractivity contribution in [1.82, 2.24) is 19.4 Å². The van der Waals surface area contributed by atoms with E-state index >= 15 is 0 Å². The van der Waals surface area contributed by atoms with Crippen molar-refractivity contribution in [2.75, 3.05) is 6.54 Å². The molecule has 0 aliphatic carbocycles. The minimum atomic E-state index is -0.589. The molecule has 10 nitrogen and oxygen atoms in total. The molecule has 2 aromatic carbocycles. The molecule has 1 atom stereocenters. The van der Waals surface area contributed by atoms with Crippen molar-refractivity contribution in [2.45, 2.75) is 38.3 Å². The van der Waals surface area contributed by atoms with Gasteiger partial charge in [0.15, 0.2) is 5.58 Å². The van der Waals surface area contributed by atoms with Gasteiger partial charge in [-0.05, 0) is 37.5 Å². The van der Waals surface area contributed by atoms with Crippen LogP contribution >= 0.6 is 0 Å². The Kier molecular flexibility index (Phi) is 4.96. The average molecular weight is 435 g/mol. The molecule has 1 fully saturated rings. The summed E-state index contributed by atoms with van der Waals surface area (Å²) < 4.78 is 6.56. The summed E-state index contributed by atoms with van der Waals surface area (Å²) in [6.07, 6.45) is 2.50. The predicted molar refractivity (Wildman–Crippen MR) is 116 cm³/mol. The molecule has 0 bridgehead atoms. The van der Waals surface area contributed by atoms with Crippen LogP contribution in [0.2, 0.25) is 0 Å². The highest BCUT2D eigenvalue weighted by Gasteiger charge is 2.31. The number of imidazole rings is 1. The molecule has 0 unspecified atom stereocenters. The Balaban J connectivity index is 1.27. The molecule has 1 saturated heterocycles. The quantitative estimate of drug-likeness (QED) is 0.365. The number of aromatic nitrogens is 3. The fourth-order valence-corrected chi connectivity index (χ4v) is 4.39. The number of non-ortho nitro benzene ring substituents is 1. The highest BCUT2D eigenvalue weighted by atomic mass is 16.6. The maximum atomic E-state index is 12.9. The number of nitrogens with zero attached hydrogens (tertiary/aromatic N) is 4. The van der Waals surface area contributed by atoms with E-state index in [4.69, 9.17) is 4.42 Å². The number of aryl methyl sites for hydroxylation is 1. The summed E-state index contributed by atoms with van der Waals surface area (Å²) in [5, 5.41) is 10.9. The van der Waals surface area contributed by atoms with Crippen molar-refractivity contribution < 1.29 is 14.1 Å². The molecular weight excluding hydrogens is 414 g/mol. The summed E-state index contributed by atoms with van der Waals surface area (Å²) in [5.74, 6) is 0.231. The third-order valence-electron chi connectivity index (χ3n) is 5.93. The van der Waals surface area contributed by atoms with E-state index in [2.05, 4.69) is 9.97 Å². The average Bonchev–Trinajstić information content (AvgIpc) is 3.49. The molecule has 164 valence electrons. The van der Waals surface area contributed by atoms with Gasteiger partial charge in [-0.15, -0.1) is 0 Å². The number of carbonyl (C=O) groups excluding carboxylic acids is 1. The highest BCUT2D eigenvalue weighted by Crippen LogP contribution is 2.32. The first-order valence-corrected chi connectivity index (χ1v) is 10.5. The van der Waals surface area contributed by atoms with Crippen LogP contribution < -0.4 is 5.76 Å². The third-order valence-corrected chi connectivity index (χ3v) is 5.93. The molecule has 0 spiro atoms. The number of oxazole rings is 1. The first-order chi connectivity index (χ1) is 15.5. The largest absolute Gasteiger partial charge is 0.419 e. The Morgan fingerprint density at radius 1 is 1.28 bits per heavy atom. The number of nitro groups is 1. The van der Waals surface area contributed by atoms with Crippen molar-refractivity contribution in [2.24, 2.45) is 0 Å². The molecule has 1 N–H and O–H groups in total. The normalized spacial score (nSPS) is 16.2. The van der Waals surface area contributed by atoms with Gasteiger partial charge in [-0.3, -0.25) is 19.5 Å². The van der Waals surface area contributed by atoms with Crippen molar-refractivity contribution >= 4 is 33.7 Å². The Hall–Kier alpha value is -3.95. The lowest BCUT2D eigenvalue weighted by molar-refractivity contribution is -0.384. The predicted octanol–water partition coefficient (Wildman–Crippen LogP) is 3.52. The van der Waals surface area contributed by atoms with Crippen molar-refractivity contribution in [3.63, 3.8) is 0 Å². The number of para-hydroxylation sites is 2. The van der Waals surface area contributed by atoms with Gasteiger partial charge in [0.1, 0.15) is 5.82 Å². The maximum absolute atomic E-state index is 12.9. The second-order valence-corrected chi connectivity index (χ2v) is 7.92. The van der Waals surface area contributed by atoms with Gasteiger partial charge < -0.3 is 14.3 Å². The first-order valence-electron chi connectivity index (χ1n) is 10.5. The monoisotopic (exact) mass is 435 g/mol. The topological polar surface area (TPSA) is 127 Å². The standard InChI is InChI=1S/C22H21N5O5/c28-20(25-11-3-7-18(25)21-23-15-5-1-2-6-16(15)24-21)8-4-12-26-17-10-9-14(27(30)31)13-19(17)32-22(26)29/h1-2,5-6,9-10,13,18H,3-4,7-8,11-12H2,(H,23,24)/t18-/m1/s1. The lowest BCUT2D eigenvalue weighted by atomic mass is 10.2. The zero-order valence-electron chi connectivity index (χ0n) is 17.2. The second-order valence-electron chi connectivity index (χ2n) is 7.92. The number of nitro benzene ring substituents is 1. The Labute approximate surface area is 181 Å². The molecule has 0 radical (unpaired) electrons. The summed E-state index contributed by atoms with van der Waals surface area (Å²) in [6, 6.07) is 11.8. The highest BCUT2D eigenvalue weighted by molar-refractivity contribution is 5.78. The number of fused-ring (bicyclic) bond motifs is 2. The van der Waals surface area contributed by atoms with E-state index in [0.29, 0.717) is 25.0 Å². The van der Waals surface area contributed by atoms with E-state index in [0.717, 1.165) is 29.7 Å². The van der Waals surface area contributed by atoms with Crippen LogP contribution in [0.4, 0.5) is 5.69 Å². The van der Waals surface area contributed by atoms with Crippen LogP contribution in [0, 0.1) is 10.1 Å². The Morgan fingerprint density at radius 2 is 2.12 bits per heavy atom. The van der Waals surface area contributed by atoms with Gasteiger partial charge in [0.2, 0.25) is 5.91 Å². The lowest BCUT2D eigenvalue weighted by Gasteiger charge is -2.23. The summed E-state index contributed by atoms with van der Waals surface area (Å²) in [5.41, 5.74) is 2.34. The van der Waals surface area contributed by atoms with Crippen LogP contribution in [0.3, 0.4) is 0 Å². The minimum absolute atomic E-state index is 0.0180. The van der Waals surface area contributed by atoms with Crippen molar-refractivity contribution in [3.8, 4) is 0 Å². The first kappa shape index (κ1) is 20.0. The fraction of sp³-hybridized carbons (Fsp3) is 0.318. The Morgan fingerprint density at radius 3 is 2.94 bits per heavy atom. The smallest absolute Gasteiger partial charge is 0.407 e. The van der Waals surface area contributed by atoms with Crippen LogP contribution in [0.25, 0.3) is 22.1 Å². The molecule has 1 aliphatic rings. The maximum Gasteiger partial charge on any atom is 0.419 e. The van der Waals surface area contributed by atoms with E-state index in [-0.39, 0.29) is 29.6 Å². The van der Waals surface area contributed by atoms with Gasteiger partial charge in [-0.1, -0.05) is 12.1 Å². The number of hydrogen-bond donors (Lipinski definition) is 1. The van der Waals surface area contributed by atoms with Crippen molar-refractivity contribution in [1.29, 1.82) is 0 Å². The van der Waals surface area contributed by atoms with Gasteiger partial charge >= 0.3 is 5.76 Å². The van der Waals surface area contributed by atoms with E-state index in [9.17, 15) is 19.7 Å². The molecule has 0 saturated carbocycles. The summed E-state index contributed by atoms with van der Waals surface area (Å²) in [7, 11) is 0. The zero-order chi connectivity index (χ0) is 22.2. The number of hydrogen-bond acceptors (Lipinski definition) is 6. The lowest BCUT2D eigenvalue weighted by Crippen LogP contribution is -2.31. The van der Waals surface area contributed by atoms with Crippen molar-refractivity contribution in [3.05, 3.63) is 69.0 Å². The van der Waals surface area contributed by atoms with E-state index in [1.807, 2.05) is 29.2 Å². The number of H-pyrrole nitrogens is 1. The van der Waals surface area contributed by atoms with E-state index in [1.165, 1.54) is 22.8 Å². The third kappa shape index (κ3) is 3.53. The minimum Gasteiger partial charge on any atom is -0.407 e. The van der Waals surface area contributed by atoms with Gasteiger partial charge in [0.25, 0.3) is 5.69 Å². The number of carbonyl (C=O) groups is 1. The SMILES string of the molecule is O=C(CCCn1c(=O)oc2cc([N+](=O)[O-])ccc21)N1CCC[C@@H]1c1nc2ccccc2[nH]1.